The zero-order valence-electron chi connectivity index (χ0n) is 9.88. The predicted molar refractivity (Wildman–Crippen MR) is 80.0 cm³/mol. The number of aromatic nitrogens is 1. The molecule has 0 aliphatic carbocycles. The van der Waals surface area contributed by atoms with E-state index in [0.717, 1.165) is 15.6 Å². The lowest BCUT2D eigenvalue weighted by atomic mass is 10.0. The third-order valence-corrected chi connectivity index (χ3v) is 4.58. The highest BCUT2D eigenvalue weighted by atomic mass is 32.1. The molecule has 0 radical (unpaired) electrons. The lowest BCUT2D eigenvalue weighted by Gasteiger charge is -2.05. The smallest absolute Gasteiger partial charge is 0.123 e. The number of hydrogen-bond acceptors (Lipinski definition) is 4. The van der Waals surface area contributed by atoms with Gasteiger partial charge in [0.05, 0.1) is 5.00 Å². The molecule has 90 valence electrons. The molecular formula is C14H12N2S2. The van der Waals surface area contributed by atoms with E-state index in [-0.39, 0.29) is 0 Å². The number of rotatable bonds is 2. The van der Waals surface area contributed by atoms with Crippen LogP contribution < -0.4 is 5.73 Å². The zero-order valence-corrected chi connectivity index (χ0v) is 11.5. The van der Waals surface area contributed by atoms with Gasteiger partial charge in [0.2, 0.25) is 0 Å². The Morgan fingerprint density at radius 2 is 2.06 bits per heavy atom. The quantitative estimate of drug-likeness (QED) is 0.749. The van der Waals surface area contributed by atoms with Crippen LogP contribution >= 0.6 is 22.7 Å². The Hall–Kier alpha value is -1.65. The third kappa shape index (κ3) is 2.05. The number of benzene rings is 1. The fraction of sp³-hybridized carbons (Fsp3) is 0.0714. The van der Waals surface area contributed by atoms with Crippen molar-refractivity contribution in [1.82, 2.24) is 4.98 Å². The summed E-state index contributed by atoms with van der Waals surface area (Å²) in [4.78, 5) is 5.56. The first kappa shape index (κ1) is 11.4. The third-order valence-electron chi connectivity index (χ3n) is 2.81. The van der Waals surface area contributed by atoms with Crippen molar-refractivity contribution in [3.63, 3.8) is 0 Å². The molecule has 0 unspecified atom stereocenters. The highest BCUT2D eigenvalue weighted by Crippen LogP contribution is 2.34. The maximum Gasteiger partial charge on any atom is 0.123 e. The van der Waals surface area contributed by atoms with Gasteiger partial charge in [0, 0.05) is 22.0 Å². The summed E-state index contributed by atoms with van der Waals surface area (Å²) in [6.45, 7) is 2.12. The topological polar surface area (TPSA) is 38.9 Å². The summed E-state index contributed by atoms with van der Waals surface area (Å²) in [6, 6.07) is 10.5. The summed E-state index contributed by atoms with van der Waals surface area (Å²) in [5.41, 5.74) is 9.47. The summed E-state index contributed by atoms with van der Waals surface area (Å²) in [6.07, 6.45) is 1.84. The van der Waals surface area contributed by atoms with E-state index in [1.807, 2.05) is 17.6 Å². The summed E-state index contributed by atoms with van der Waals surface area (Å²) in [5, 5.41) is 3.91. The second-order valence-corrected chi connectivity index (χ2v) is 6.08. The molecule has 0 atom stereocenters. The second kappa shape index (κ2) is 4.55. The number of nitrogen functional groups attached to an aromatic ring is 1. The van der Waals surface area contributed by atoms with Gasteiger partial charge >= 0.3 is 0 Å². The van der Waals surface area contributed by atoms with E-state index in [1.165, 1.54) is 16.0 Å². The maximum atomic E-state index is 5.81. The van der Waals surface area contributed by atoms with E-state index in [1.54, 1.807) is 22.7 Å². The highest BCUT2D eigenvalue weighted by Gasteiger charge is 2.08. The van der Waals surface area contributed by atoms with Crippen LogP contribution in [0.15, 0.2) is 41.9 Å². The molecule has 2 nitrogen and oxygen atoms in total. The molecule has 0 aliphatic heterocycles. The number of thiophene rings is 1. The van der Waals surface area contributed by atoms with Gasteiger partial charge in [-0.3, -0.25) is 0 Å². The molecule has 0 amide bonds. The van der Waals surface area contributed by atoms with Crippen molar-refractivity contribution < 1.29 is 0 Å². The van der Waals surface area contributed by atoms with Crippen molar-refractivity contribution in [2.24, 2.45) is 0 Å². The van der Waals surface area contributed by atoms with Gasteiger partial charge in [-0.15, -0.1) is 22.7 Å². The summed E-state index contributed by atoms with van der Waals surface area (Å²) in [7, 11) is 0. The molecule has 2 heterocycles. The monoisotopic (exact) mass is 272 g/mol. The first-order chi connectivity index (χ1) is 8.74. The van der Waals surface area contributed by atoms with E-state index >= 15 is 0 Å². The Morgan fingerprint density at radius 3 is 2.72 bits per heavy atom. The molecule has 0 aliphatic rings. The van der Waals surface area contributed by atoms with Crippen molar-refractivity contribution in [2.75, 3.05) is 5.73 Å². The van der Waals surface area contributed by atoms with Gasteiger partial charge in [0.15, 0.2) is 0 Å². The number of nitrogens with two attached hydrogens (primary N) is 1. The summed E-state index contributed by atoms with van der Waals surface area (Å²) in [5.74, 6) is 0. The van der Waals surface area contributed by atoms with Crippen molar-refractivity contribution in [3.8, 4) is 21.0 Å². The molecule has 1 aromatic carbocycles. The minimum atomic E-state index is 0.851. The Labute approximate surface area is 114 Å². The van der Waals surface area contributed by atoms with E-state index in [9.17, 15) is 0 Å². The average molecular weight is 272 g/mol. The van der Waals surface area contributed by atoms with Crippen molar-refractivity contribution in [1.29, 1.82) is 0 Å². The van der Waals surface area contributed by atoms with Gasteiger partial charge in [0.1, 0.15) is 5.01 Å². The Bertz CT molecular complexity index is 669. The summed E-state index contributed by atoms with van der Waals surface area (Å²) >= 11 is 3.28. The fourth-order valence-electron chi connectivity index (χ4n) is 1.88. The van der Waals surface area contributed by atoms with Gasteiger partial charge in [-0.25, -0.2) is 4.98 Å². The Kier molecular flexibility index (Phi) is 2.89. The summed E-state index contributed by atoms with van der Waals surface area (Å²) < 4.78 is 0. The van der Waals surface area contributed by atoms with Gasteiger partial charge in [0.25, 0.3) is 0 Å². The predicted octanol–water partition coefficient (Wildman–Crippen LogP) is 4.43. The van der Waals surface area contributed by atoms with Crippen molar-refractivity contribution in [3.05, 3.63) is 47.5 Å². The molecule has 18 heavy (non-hydrogen) atoms. The highest BCUT2D eigenvalue weighted by molar-refractivity contribution is 7.19. The van der Waals surface area contributed by atoms with Crippen LogP contribution in [0.25, 0.3) is 21.0 Å². The largest absolute Gasteiger partial charge is 0.391 e. The Balaban J connectivity index is 2.12. The van der Waals surface area contributed by atoms with Gasteiger partial charge in [-0.2, -0.15) is 0 Å². The van der Waals surface area contributed by atoms with Crippen LogP contribution in [0.3, 0.4) is 0 Å². The van der Waals surface area contributed by atoms with Crippen LogP contribution in [-0.4, -0.2) is 4.98 Å². The maximum absolute atomic E-state index is 5.81. The number of nitrogens with zero attached hydrogens (tertiary/aromatic N) is 1. The molecule has 0 spiro atoms. The molecule has 3 aromatic rings. The molecule has 0 saturated carbocycles. The number of anilines is 1. The lowest BCUT2D eigenvalue weighted by molar-refractivity contribution is 1.40. The number of hydrogen-bond donors (Lipinski definition) is 1. The normalized spacial score (nSPS) is 10.7. The fourth-order valence-corrected chi connectivity index (χ4v) is 3.38. The molecule has 4 heteroatoms. The molecule has 3 rings (SSSR count). The standard InChI is InChI=1S/C14H12N2S2/c1-9-2-3-10(14-16-6-7-17-14)8-11(9)12-4-5-13(15)18-12/h2-8H,15H2,1H3. The molecule has 0 bridgehead atoms. The minimum absolute atomic E-state index is 0.851. The van der Waals surface area contributed by atoms with Crippen LogP contribution in [0.2, 0.25) is 0 Å². The Morgan fingerprint density at radius 1 is 1.17 bits per heavy atom. The van der Waals surface area contributed by atoms with E-state index in [0.29, 0.717) is 0 Å². The van der Waals surface area contributed by atoms with Gasteiger partial charge < -0.3 is 5.73 Å². The van der Waals surface area contributed by atoms with E-state index in [2.05, 4.69) is 36.2 Å². The molecule has 0 saturated heterocycles. The van der Waals surface area contributed by atoms with E-state index < -0.39 is 0 Å². The van der Waals surface area contributed by atoms with Crippen LogP contribution in [0.1, 0.15) is 5.56 Å². The van der Waals surface area contributed by atoms with Gasteiger partial charge in [-0.1, -0.05) is 12.1 Å². The minimum Gasteiger partial charge on any atom is -0.391 e. The number of aryl methyl sites for hydroxylation is 1. The first-order valence-electron chi connectivity index (χ1n) is 5.60. The van der Waals surface area contributed by atoms with Gasteiger partial charge in [-0.05, 0) is 36.2 Å². The second-order valence-electron chi connectivity index (χ2n) is 4.07. The van der Waals surface area contributed by atoms with Crippen LogP contribution in [-0.2, 0) is 0 Å². The molecule has 2 aromatic heterocycles. The van der Waals surface area contributed by atoms with Crippen LogP contribution in [0.5, 0.6) is 0 Å². The van der Waals surface area contributed by atoms with E-state index in [4.69, 9.17) is 5.73 Å². The average Bonchev–Trinajstić information content (AvgIpc) is 3.01. The van der Waals surface area contributed by atoms with Crippen LogP contribution in [0.4, 0.5) is 5.00 Å². The molecular weight excluding hydrogens is 260 g/mol. The van der Waals surface area contributed by atoms with Crippen LogP contribution in [0, 0.1) is 6.92 Å². The van der Waals surface area contributed by atoms with Crippen molar-refractivity contribution in [2.45, 2.75) is 6.92 Å². The first-order valence-corrected chi connectivity index (χ1v) is 7.30. The zero-order chi connectivity index (χ0) is 12.5. The van der Waals surface area contributed by atoms with Crippen molar-refractivity contribution >= 4 is 27.7 Å². The SMILES string of the molecule is Cc1ccc(-c2nccs2)cc1-c1ccc(N)s1. The molecule has 0 fully saturated rings. The molecule has 2 N–H and O–H groups in total. The lowest BCUT2D eigenvalue weighted by Crippen LogP contribution is -1.83. The number of thiazole rings is 1.